The third-order valence-corrected chi connectivity index (χ3v) is 4.58. The molecule has 18 heavy (non-hydrogen) atoms. The molecule has 1 aliphatic rings. The Morgan fingerprint density at radius 2 is 2.17 bits per heavy atom. The fourth-order valence-corrected chi connectivity index (χ4v) is 3.41. The molecular weight excluding hydrogens is 224 g/mol. The van der Waals surface area contributed by atoms with Crippen molar-refractivity contribution in [2.45, 2.75) is 52.5 Å². The fourth-order valence-electron chi connectivity index (χ4n) is 3.41. The van der Waals surface area contributed by atoms with Gasteiger partial charge in [-0.15, -0.1) is 0 Å². The van der Waals surface area contributed by atoms with E-state index in [-0.39, 0.29) is 5.41 Å². The van der Waals surface area contributed by atoms with Crippen molar-refractivity contribution in [1.29, 1.82) is 0 Å². The molecular formula is C14H26N4. The van der Waals surface area contributed by atoms with E-state index in [4.69, 9.17) is 5.73 Å². The third kappa shape index (κ3) is 2.74. The lowest BCUT2D eigenvalue weighted by atomic mass is 9.65. The maximum atomic E-state index is 6.38. The molecule has 3 atom stereocenters. The van der Waals surface area contributed by atoms with E-state index in [0.29, 0.717) is 12.0 Å². The highest BCUT2D eigenvalue weighted by molar-refractivity contribution is 4.97. The van der Waals surface area contributed by atoms with Gasteiger partial charge in [0.25, 0.3) is 0 Å². The van der Waals surface area contributed by atoms with E-state index in [1.165, 1.54) is 12.8 Å². The van der Waals surface area contributed by atoms with Gasteiger partial charge >= 0.3 is 0 Å². The van der Waals surface area contributed by atoms with Gasteiger partial charge in [0.1, 0.15) is 12.2 Å². The monoisotopic (exact) mass is 250 g/mol. The number of nitrogens with zero attached hydrogens (tertiary/aromatic N) is 3. The molecule has 0 saturated heterocycles. The second-order valence-corrected chi connectivity index (χ2v) is 6.65. The van der Waals surface area contributed by atoms with Crippen LogP contribution < -0.4 is 5.73 Å². The summed E-state index contributed by atoms with van der Waals surface area (Å²) in [6, 6.07) is 0.331. The molecule has 102 valence electrons. The van der Waals surface area contributed by atoms with Gasteiger partial charge in [0.2, 0.25) is 0 Å². The summed E-state index contributed by atoms with van der Waals surface area (Å²) in [4.78, 5) is 4.35. The molecule has 1 aromatic heterocycles. The van der Waals surface area contributed by atoms with Gasteiger partial charge in [-0.05, 0) is 30.1 Å². The average molecular weight is 250 g/mol. The predicted octanol–water partition coefficient (Wildman–Crippen LogP) is 2.15. The number of aromatic nitrogens is 3. The quantitative estimate of drug-likeness (QED) is 0.894. The van der Waals surface area contributed by atoms with Crippen LogP contribution in [0.3, 0.4) is 0 Å². The first-order valence-corrected chi connectivity index (χ1v) is 6.98. The Labute approximate surface area is 110 Å². The first kappa shape index (κ1) is 13.5. The highest BCUT2D eigenvalue weighted by atomic mass is 15.3. The van der Waals surface area contributed by atoms with Gasteiger partial charge in [0.05, 0.1) is 0 Å². The molecule has 1 aliphatic carbocycles. The largest absolute Gasteiger partial charge is 0.327 e. The molecule has 1 saturated carbocycles. The van der Waals surface area contributed by atoms with Crippen LogP contribution in [0.25, 0.3) is 0 Å². The van der Waals surface area contributed by atoms with E-state index >= 15 is 0 Å². The third-order valence-electron chi connectivity index (χ3n) is 4.58. The van der Waals surface area contributed by atoms with Crippen LogP contribution in [-0.4, -0.2) is 20.8 Å². The minimum absolute atomic E-state index is 0.195. The molecule has 0 aromatic carbocycles. The number of nitrogens with two attached hydrogens (primary N) is 1. The number of rotatable bonds is 3. The molecule has 1 aromatic rings. The first-order valence-electron chi connectivity index (χ1n) is 6.98. The number of aryl methyl sites for hydroxylation is 1. The molecule has 2 rings (SSSR count). The lowest BCUT2D eigenvalue weighted by Gasteiger charge is -2.42. The molecule has 0 radical (unpaired) electrons. The molecule has 1 heterocycles. The van der Waals surface area contributed by atoms with Crippen molar-refractivity contribution in [1.82, 2.24) is 14.8 Å². The summed E-state index contributed by atoms with van der Waals surface area (Å²) in [6.07, 6.45) is 6.30. The van der Waals surface area contributed by atoms with Crippen molar-refractivity contribution in [2.24, 2.45) is 30.0 Å². The Bertz CT molecular complexity index is 396. The summed E-state index contributed by atoms with van der Waals surface area (Å²) in [5, 5.41) is 4.15. The van der Waals surface area contributed by atoms with Crippen LogP contribution in [0.4, 0.5) is 0 Å². The Morgan fingerprint density at radius 1 is 1.44 bits per heavy atom. The SMILES string of the molecule is CC1CCC(C(C)(C)Cc2ncnn2C)C(N)C1. The van der Waals surface area contributed by atoms with Crippen molar-refractivity contribution < 1.29 is 0 Å². The van der Waals surface area contributed by atoms with Gasteiger partial charge in [0.15, 0.2) is 0 Å². The zero-order valence-corrected chi connectivity index (χ0v) is 12.1. The molecule has 4 nitrogen and oxygen atoms in total. The minimum atomic E-state index is 0.195. The maximum Gasteiger partial charge on any atom is 0.138 e. The summed E-state index contributed by atoms with van der Waals surface area (Å²) in [5.41, 5.74) is 6.57. The molecule has 4 heteroatoms. The van der Waals surface area contributed by atoms with E-state index in [0.717, 1.165) is 24.6 Å². The van der Waals surface area contributed by atoms with Gasteiger partial charge in [-0.25, -0.2) is 4.98 Å². The Kier molecular flexibility index (Phi) is 3.76. The van der Waals surface area contributed by atoms with E-state index in [1.54, 1.807) is 6.33 Å². The minimum Gasteiger partial charge on any atom is -0.327 e. The lowest BCUT2D eigenvalue weighted by molar-refractivity contribution is 0.110. The van der Waals surface area contributed by atoms with Crippen LogP contribution in [-0.2, 0) is 13.5 Å². The summed E-state index contributed by atoms with van der Waals surface area (Å²) in [7, 11) is 1.96. The maximum absolute atomic E-state index is 6.38. The average Bonchev–Trinajstić information content (AvgIpc) is 2.63. The molecule has 0 aliphatic heterocycles. The summed E-state index contributed by atoms with van der Waals surface area (Å²) in [5.74, 6) is 2.43. The van der Waals surface area contributed by atoms with E-state index in [1.807, 2.05) is 11.7 Å². The highest BCUT2D eigenvalue weighted by Gasteiger charge is 2.38. The summed E-state index contributed by atoms with van der Waals surface area (Å²) in [6.45, 7) is 6.95. The van der Waals surface area contributed by atoms with Crippen LogP contribution in [0.1, 0.15) is 45.9 Å². The van der Waals surface area contributed by atoms with Crippen molar-refractivity contribution in [3.05, 3.63) is 12.2 Å². The van der Waals surface area contributed by atoms with Gasteiger partial charge in [0, 0.05) is 19.5 Å². The molecule has 0 amide bonds. The lowest BCUT2D eigenvalue weighted by Crippen LogP contribution is -2.44. The molecule has 0 bridgehead atoms. The van der Waals surface area contributed by atoms with Crippen LogP contribution in [0, 0.1) is 17.3 Å². The Balaban J connectivity index is 2.08. The highest BCUT2D eigenvalue weighted by Crippen LogP contribution is 2.41. The molecule has 2 N–H and O–H groups in total. The zero-order valence-electron chi connectivity index (χ0n) is 12.1. The van der Waals surface area contributed by atoms with Crippen LogP contribution >= 0.6 is 0 Å². The standard InChI is InChI=1S/C14H26N4/c1-10-5-6-11(12(15)7-10)14(2,3)8-13-16-9-17-18(13)4/h9-12H,5-8,15H2,1-4H3. The fraction of sp³-hybridized carbons (Fsp3) is 0.857. The molecule has 3 unspecified atom stereocenters. The van der Waals surface area contributed by atoms with Gasteiger partial charge in [-0.1, -0.05) is 27.2 Å². The second-order valence-electron chi connectivity index (χ2n) is 6.65. The first-order chi connectivity index (χ1) is 8.40. The number of hydrogen-bond acceptors (Lipinski definition) is 3. The predicted molar refractivity (Wildman–Crippen MR) is 73.0 cm³/mol. The van der Waals surface area contributed by atoms with Crippen molar-refractivity contribution in [3.63, 3.8) is 0 Å². The van der Waals surface area contributed by atoms with Crippen molar-refractivity contribution in [3.8, 4) is 0 Å². The summed E-state index contributed by atoms with van der Waals surface area (Å²) >= 11 is 0. The Hall–Kier alpha value is -0.900. The van der Waals surface area contributed by atoms with E-state index in [2.05, 4.69) is 30.9 Å². The van der Waals surface area contributed by atoms with Gasteiger partial charge in [-0.3, -0.25) is 4.68 Å². The molecule has 0 spiro atoms. The van der Waals surface area contributed by atoms with Crippen LogP contribution in [0.5, 0.6) is 0 Å². The van der Waals surface area contributed by atoms with Gasteiger partial charge < -0.3 is 5.73 Å². The van der Waals surface area contributed by atoms with Crippen molar-refractivity contribution in [2.75, 3.05) is 0 Å². The van der Waals surface area contributed by atoms with Crippen LogP contribution in [0.2, 0.25) is 0 Å². The summed E-state index contributed by atoms with van der Waals surface area (Å²) < 4.78 is 1.87. The van der Waals surface area contributed by atoms with Crippen molar-refractivity contribution >= 4 is 0 Å². The second kappa shape index (κ2) is 5.00. The normalized spacial score (nSPS) is 29.5. The molecule has 1 fully saturated rings. The number of hydrogen-bond donors (Lipinski definition) is 1. The Morgan fingerprint density at radius 3 is 2.72 bits per heavy atom. The topological polar surface area (TPSA) is 56.7 Å². The smallest absolute Gasteiger partial charge is 0.138 e. The van der Waals surface area contributed by atoms with E-state index in [9.17, 15) is 0 Å². The van der Waals surface area contributed by atoms with Crippen LogP contribution in [0.15, 0.2) is 6.33 Å². The zero-order chi connectivity index (χ0) is 13.3. The van der Waals surface area contributed by atoms with Gasteiger partial charge in [-0.2, -0.15) is 5.10 Å². The van der Waals surface area contributed by atoms with E-state index < -0.39 is 0 Å².